The van der Waals surface area contributed by atoms with Crippen molar-refractivity contribution in [2.24, 2.45) is 0 Å². The van der Waals surface area contributed by atoms with Crippen molar-refractivity contribution in [3.05, 3.63) is 108 Å². The Bertz CT molecular complexity index is 2290. The first kappa shape index (κ1) is 36.6. The van der Waals surface area contributed by atoms with Crippen LogP contribution in [0.25, 0.3) is 16.5 Å². The number of carbonyl (C=O) groups is 2. The molecule has 1 saturated heterocycles. The van der Waals surface area contributed by atoms with Crippen molar-refractivity contribution in [1.82, 2.24) is 30.0 Å². The Kier molecular flexibility index (Phi) is 11.3. The Labute approximate surface area is 317 Å². The summed E-state index contributed by atoms with van der Waals surface area (Å²) in [7, 11) is 3.15. The van der Waals surface area contributed by atoms with E-state index in [0.717, 1.165) is 47.5 Å². The topological polar surface area (TPSA) is 166 Å². The van der Waals surface area contributed by atoms with Gasteiger partial charge >= 0.3 is 6.03 Å². The lowest BCUT2D eigenvalue weighted by atomic mass is 10.1. The van der Waals surface area contributed by atoms with E-state index in [0.29, 0.717) is 54.0 Å². The molecule has 6 aromatic rings. The molecule has 0 aliphatic carbocycles. The highest BCUT2D eigenvalue weighted by Gasteiger charge is 2.16. The zero-order valence-electron chi connectivity index (χ0n) is 30.7. The average molecular weight is 744 g/mol. The molecule has 0 atom stereocenters. The van der Waals surface area contributed by atoms with Gasteiger partial charge in [0.25, 0.3) is 5.91 Å². The summed E-state index contributed by atoms with van der Waals surface area (Å²) >= 11 is 0. The van der Waals surface area contributed by atoms with Crippen LogP contribution in [0.3, 0.4) is 0 Å². The van der Waals surface area contributed by atoms with Gasteiger partial charge in [-0.1, -0.05) is 24.3 Å². The summed E-state index contributed by atoms with van der Waals surface area (Å²) in [4.78, 5) is 37.5. The Hall–Kier alpha value is -6.71. The van der Waals surface area contributed by atoms with Gasteiger partial charge in [-0.25, -0.2) is 14.5 Å². The second-order valence-electron chi connectivity index (χ2n) is 12.6. The number of nitrogens with zero attached hydrogens (tertiary/aromatic N) is 5. The van der Waals surface area contributed by atoms with Gasteiger partial charge in [-0.15, -0.1) is 0 Å². The number of hydrogen-bond acceptors (Lipinski definition) is 11. The minimum absolute atomic E-state index is 0.217. The van der Waals surface area contributed by atoms with Crippen LogP contribution in [0.4, 0.5) is 27.9 Å². The number of nitrogens with one attached hydrogen (secondary N) is 4. The third kappa shape index (κ3) is 9.09. The first-order valence-electron chi connectivity index (χ1n) is 17.7. The Balaban J connectivity index is 1.03. The van der Waals surface area contributed by atoms with Gasteiger partial charge in [0, 0.05) is 72.6 Å². The molecule has 3 heterocycles. The van der Waals surface area contributed by atoms with Gasteiger partial charge in [-0.05, 0) is 55.5 Å². The molecule has 0 bridgehead atoms. The minimum atomic E-state index is -0.439. The van der Waals surface area contributed by atoms with Crippen LogP contribution in [0.5, 0.6) is 23.1 Å². The van der Waals surface area contributed by atoms with Crippen molar-refractivity contribution in [1.29, 1.82) is 0 Å². The summed E-state index contributed by atoms with van der Waals surface area (Å²) in [5, 5.41) is 18.1. The summed E-state index contributed by atoms with van der Waals surface area (Å²) in [5.74, 6) is 2.58. The number of hydrogen-bond donors (Lipinski definition) is 4. The number of aryl methyl sites for hydroxylation is 1. The monoisotopic (exact) mass is 743 g/mol. The van der Waals surface area contributed by atoms with E-state index in [9.17, 15) is 9.59 Å². The van der Waals surface area contributed by atoms with E-state index in [1.54, 1.807) is 67.6 Å². The van der Waals surface area contributed by atoms with Gasteiger partial charge in [0.15, 0.2) is 0 Å². The molecular weight excluding hydrogens is 702 g/mol. The molecule has 0 unspecified atom stereocenters. The molecule has 0 saturated carbocycles. The van der Waals surface area contributed by atoms with E-state index < -0.39 is 6.03 Å². The number of ether oxygens (including phenoxy) is 4. The van der Waals surface area contributed by atoms with Crippen LogP contribution in [0.15, 0.2) is 97.2 Å². The molecule has 0 radical (unpaired) electrons. The van der Waals surface area contributed by atoms with Crippen LogP contribution in [0.2, 0.25) is 0 Å². The van der Waals surface area contributed by atoms with E-state index >= 15 is 0 Å². The van der Waals surface area contributed by atoms with E-state index in [2.05, 4.69) is 41.2 Å². The zero-order valence-corrected chi connectivity index (χ0v) is 30.7. The maximum atomic E-state index is 13.3. The number of amides is 3. The number of carbonyl (C=O) groups excluding carboxylic acids is 2. The van der Waals surface area contributed by atoms with Crippen LogP contribution < -0.4 is 35.5 Å². The Morgan fingerprint density at radius 2 is 1.64 bits per heavy atom. The van der Waals surface area contributed by atoms with Crippen LogP contribution in [0, 0.1) is 6.92 Å². The van der Waals surface area contributed by atoms with Crippen molar-refractivity contribution in [2.75, 3.05) is 69.6 Å². The maximum absolute atomic E-state index is 13.3. The second kappa shape index (κ2) is 17.0. The van der Waals surface area contributed by atoms with E-state index in [1.807, 2.05) is 55.5 Å². The molecule has 0 spiro atoms. The van der Waals surface area contributed by atoms with Crippen molar-refractivity contribution in [3.63, 3.8) is 0 Å². The lowest BCUT2D eigenvalue weighted by molar-refractivity contribution is 0.0383. The minimum Gasteiger partial charge on any atom is -0.497 e. The molecule has 15 nitrogen and oxygen atoms in total. The maximum Gasteiger partial charge on any atom is 0.324 e. The number of rotatable bonds is 13. The third-order valence-corrected chi connectivity index (χ3v) is 8.84. The van der Waals surface area contributed by atoms with Crippen LogP contribution in [-0.2, 0) is 4.74 Å². The summed E-state index contributed by atoms with van der Waals surface area (Å²) in [5.41, 5.74) is 3.09. The number of benzene rings is 4. The molecule has 1 aliphatic rings. The second-order valence-corrected chi connectivity index (χ2v) is 12.6. The summed E-state index contributed by atoms with van der Waals surface area (Å²) in [6, 6.07) is 26.7. The van der Waals surface area contributed by atoms with Gasteiger partial charge in [-0.2, -0.15) is 10.1 Å². The molecule has 7 rings (SSSR count). The number of methoxy groups -OCH3 is 2. The molecule has 55 heavy (non-hydrogen) atoms. The fourth-order valence-electron chi connectivity index (χ4n) is 6.12. The molecular formula is C40H41N9O6. The lowest BCUT2D eigenvalue weighted by Crippen LogP contribution is -2.41. The highest BCUT2D eigenvalue weighted by atomic mass is 16.5. The predicted octanol–water partition coefficient (Wildman–Crippen LogP) is 6.38. The van der Waals surface area contributed by atoms with Gasteiger partial charge in [0.05, 0.1) is 44.5 Å². The van der Waals surface area contributed by atoms with Crippen LogP contribution in [0.1, 0.15) is 16.1 Å². The van der Waals surface area contributed by atoms with Crippen molar-refractivity contribution >= 4 is 45.9 Å². The Morgan fingerprint density at radius 3 is 2.42 bits per heavy atom. The number of morpholine rings is 1. The summed E-state index contributed by atoms with van der Waals surface area (Å²) in [6.45, 7) is 6.23. The van der Waals surface area contributed by atoms with E-state index in [1.165, 1.54) is 0 Å². The van der Waals surface area contributed by atoms with Crippen LogP contribution >= 0.6 is 0 Å². The van der Waals surface area contributed by atoms with E-state index in [-0.39, 0.29) is 17.7 Å². The molecule has 4 N–H and O–H groups in total. The fourth-order valence-corrected chi connectivity index (χ4v) is 6.12. The summed E-state index contributed by atoms with van der Waals surface area (Å²) in [6.07, 6.45) is 1.57. The van der Waals surface area contributed by atoms with Gasteiger partial charge in [0.2, 0.25) is 11.8 Å². The molecule has 15 heteroatoms. The van der Waals surface area contributed by atoms with Crippen molar-refractivity contribution < 1.29 is 28.5 Å². The number of anilines is 4. The first-order valence-corrected chi connectivity index (χ1v) is 17.7. The SMILES string of the molecule is COc1ccc(-n2nc(C)cc2NC(=O)Nc2ccc(Oc3ccnc(Nc4cc(OC)cc(C(=O)NCCN5CCOCC5)c4)n3)c3ccccc23)cc1. The highest BCUT2D eigenvalue weighted by molar-refractivity contribution is 6.07. The smallest absolute Gasteiger partial charge is 0.324 e. The molecule has 282 valence electrons. The quantitative estimate of drug-likeness (QED) is 0.104. The fraction of sp³-hybridized carbons (Fsp3) is 0.225. The predicted molar refractivity (Wildman–Crippen MR) is 209 cm³/mol. The molecule has 3 amide bonds. The number of fused-ring (bicyclic) bond motifs is 1. The van der Waals surface area contributed by atoms with Gasteiger partial charge in [-0.3, -0.25) is 15.0 Å². The van der Waals surface area contributed by atoms with Crippen LogP contribution in [-0.4, -0.2) is 90.2 Å². The Morgan fingerprint density at radius 1 is 0.855 bits per heavy atom. The van der Waals surface area contributed by atoms with E-state index in [4.69, 9.17) is 18.9 Å². The third-order valence-electron chi connectivity index (χ3n) is 8.84. The highest BCUT2D eigenvalue weighted by Crippen LogP contribution is 2.34. The van der Waals surface area contributed by atoms with Crippen molar-refractivity contribution in [2.45, 2.75) is 6.92 Å². The molecule has 1 fully saturated rings. The largest absolute Gasteiger partial charge is 0.497 e. The van der Waals surface area contributed by atoms with Gasteiger partial charge in [0.1, 0.15) is 23.1 Å². The zero-order chi connectivity index (χ0) is 38.1. The summed E-state index contributed by atoms with van der Waals surface area (Å²) < 4.78 is 24.1. The molecule has 2 aromatic heterocycles. The number of urea groups is 1. The average Bonchev–Trinajstić information content (AvgIpc) is 3.58. The molecule has 4 aromatic carbocycles. The van der Waals surface area contributed by atoms with Crippen molar-refractivity contribution in [3.8, 4) is 28.8 Å². The standard InChI is InChI=1S/C40H41N9O6/c1-26-22-36(49(47-26)29-8-10-30(52-2)11-9-29)45-40(51)44-34-12-13-35(33-7-5-4-6-32(33)34)55-37-14-15-42-39(46-37)43-28-23-27(24-31(25-28)53-3)38(50)41-16-17-48-18-20-54-21-19-48/h4-15,22-25H,16-21H2,1-3H3,(H,41,50)(H,42,43,46)(H2,44,45,51). The normalized spacial score (nSPS) is 12.9. The first-order chi connectivity index (χ1) is 26.8. The molecule has 1 aliphatic heterocycles. The lowest BCUT2D eigenvalue weighted by Gasteiger charge is -2.26. The number of aromatic nitrogens is 4. The van der Waals surface area contributed by atoms with Gasteiger partial charge < -0.3 is 34.9 Å².